The average molecular weight is 530 g/mol. The molecule has 0 aliphatic heterocycles. The summed E-state index contributed by atoms with van der Waals surface area (Å²) in [5.41, 5.74) is 0. The van der Waals surface area contributed by atoms with Crippen molar-refractivity contribution in [3.05, 3.63) is 0 Å². The van der Waals surface area contributed by atoms with Gasteiger partial charge in [0.1, 0.15) is 0 Å². The Labute approximate surface area is 75.7 Å². The van der Waals surface area contributed by atoms with Crippen LogP contribution in [0.1, 0.15) is 0 Å². The fourth-order valence-electron chi connectivity index (χ4n) is 0. The minimum absolute atomic E-state index is 0. The molecular formula is O3PuU-6. The first-order chi connectivity index (χ1) is 0. The Morgan fingerprint density at radius 2 is 0.600 bits per heavy atom. The second-order valence-electron chi connectivity index (χ2n) is 0. The molecule has 0 saturated carbocycles. The zero-order chi connectivity index (χ0) is 0. The molecule has 0 fully saturated rings. The molecule has 0 saturated heterocycles. The molecule has 0 aromatic heterocycles. The molecule has 0 rings (SSSR count). The van der Waals surface area contributed by atoms with Gasteiger partial charge in [0.05, 0.1) is 0 Å². The molecule has 0 heterocycles. The van der Waals surface area contributed by atoms with Crippen molar-refractivity contribution in [1.82, 2.24) is 0 Å². The zero-order valence-corrected chi connectivity index (χ0v) is 9.70. The van der Waals surface area contributed by atoms with Crippen LogP contribution in [0.15, 0.2) is 0 Å². The van der Waals surface area contributed by atoms with E-state index in [4.69, 9.17) is 0 Å². The maximum Gasteiger partial charge on any atom is 0 e. The van der Waals surface area contributed by atoms with Gasteiger partial charge in [-0.3, -0.25) is 0 Å². The standard InChI is InChI=1S/3O.Pu.U/q3*-2;;. The third kappa shape index (κ3) is 24.7. The van der Waals surface area contributed by atoms with Gasteiger partial charge in [0.2, 0.25) is 0 Å². The quantitative estimate of drug-likeness (QED) is 0.411. The predicted octanol–water partition coefficient (Wildman–Crippen LogP) is -0.356. The van der Waals surface area contributed by atoms with E-state index in [0.717, 1.165) is 0 Å². The molecule has 0 radical (unpaired) electrons. The minimum Gasteiger partial charge on any atom is -2.00 e. The Bertz CT molecular complexity index is 6.85. The van der Waals surface area contributed by atoms with Crippen LogP contribution in [0.3, 0.4) is 0 Å². The first kappa shape index (κ1) is 65.8. The monoisotopic (exact) mass is 524 g/mol. The van der Waals surface area contributed by atoms with Crippen LogP contribution in [0.5, 0.6) is 0 Å². The van der Waals surface area contributed by atoms with Crippen molar-refractivity contribution in [1.29, 1.82) is 0 Å². The molecule has 0 aromatic carbocycles. The van der Waals surface area contributed by atoms with E-state index in [9.17, 15) is 0 Å². The summed E-state index contributed by atoms with van der Waals surface area (Å²) in [6, 6.07) is 0. The molecule has 0 bridgehead atoms. The summed E-state index contributed by atoms with van der Waals surface area (Å²) in [5.74, 6) is 0. The van der Waals surface area contributed by atoms with Gasteiger partial charge in [-0.15, -0.1) is 0 Å². The van der Waals surface area contributed by atoms with Crippen LogP contribution in [0, 0.1) is 60.3 Å². The fraction of sp³-hybridized carbons (Fsp3) is 0. The largest absolute Gasteiger partial charge is 2.00 e. The molecule has 0 aromatic rings. The van der Waals surface area contributed by atoms with Crippen molar-refractivity contribution in [3.8, 4) is 0 Å². The third-order valence-electron chi connectivity index (χ3n) is 0. The van der Waals surface area contributed by atoms with E-state index >= 15 is 0 Å². The molecule has 0 atom stereocenters. The van der Waals surface area contributed by atoms with E-state index in [1.54, 1.807) is 0 Å². The third-order valence-corrected chi connectivity index (χ3v) is 0. The minimum atomic E-state index is 0. The Morgan fingerprint density at radius 3 is 0.600 bits per heavy atom. The van der Waals surface area contributed by atoms with Crippen LogP contribution in [0.4, 0.5) is 0 Å². The van der Waals surface area contributed by atoms with Crippen LogP contribution >= 0.6 is 0 Å². The molecule has 3 nitrogen and oxygen atoms in total. The summed E-state index contributed by atoms with van der Waals surface area (Å²) in [4.78, 5) is 0. The van der Waals surface area contributed by atoms with Gasteiger partial charge in [0, 0.05) is 60.3 Å². The number of hydrogen-bond acceptors (Lipinski definition) is 0. The number of hydrogen-bond donors (Lipinski definition) is 0. The van der Waals surface area contributed by atoms with Gasteiger partial charge >= 0.3 is 0 Å². The summed E-state index contributed by atoms with van der Waals surface area (Å²) >= 11 is 0. The van der Waals surface area contributed by atoms with Crippen LogP contribution < -0.4 is 0 Å². The molecule has 5 heteroatoms. The molecule has 0 N–H and O–H groups in total. The van der Waals surface area contributed by atoms with Crippen molar-refractivity contribution in [2.75, 3.05) is 0 Å². The summed E-state index contributed by atoms with van der Waals surface area (Å²) in [7, 11) is 0. The average Bonchev–Trinajstić information content (AvgIpc) is 0. The molecule has 0 aliphatic carbocycles. The molecular weight excluding hydrogens is 530 g/mol. The summed E-state index contributed by atoms with van der Waals surface area (Å²) in [6.45, 7) is 0. The molecule has 0 unspecified atom stereocenters. The fourth-order valence-corrected chi connectivity index (χ4v) is 0. The summed E-state index contributed by atoms with van der Waals surface area (Å²) in [5, 5.41) is 0. The molecule has 0 amide bonds. The van der Waals surface area contributed by atoms with Crippen LogP contribution in [0.25, 0.3) is 0 Å². The second-order valence-corrected chi connectivity index (χ2v) is 0. The zero-order valence-electron chi connectivity index (χ0n) is 2.13. The Hall–Kier alpha value is 1.92. The van der Waals surface area contributed by atoms with E-state index in [1.807, 2.05) is 0 Å². The maximum absolute atomic E-state index is 0. The van der Waals surface area contributed by atoms with Gasteiger partial charge < -0.3 is 16.4 Å². The summed E-state index contributed by atoms with van der Waals surface area (Å²) in [6.07, 6.45) is 0. The topological polar surface area (TPSA) is 85.5 Å². The molecule has 34 valence electrons. The normalized spacial score (nSPS) is 0. The molecule has 0 aliphatic rings. The first-order valence-electron chi connectivity index (χ1n) is 0. The van der Waals surface area contributed by atoms with Gasteiger partial charge in [-0.05, 0) is 0 Å². The van der Waals surface area contributed by atoms with Crippen LogP contribution in [-0.4, -0.2) is 0 Å². The molecule has 0 spiro atoms. The van der Waals surface area contributed by atoms with Crippen molar-refractivity contribution < 1.29 is 76.7 Å². The van der Waals surface area contributed by atoms with Gasteiger partial charge in [-0.1, -0.05) is 0 Å². The number of rotatable bonds is 0. The van der Waals surface area contributed by atoms with E-state index in [0.29, 0.717) is 0 Å². The Kier molecular flexibility index (Phi) is 512. The van der Waals surface area contributed by atoms with Crippen LogP contribution in [-0.2, 0) is 16.4 Å². The SMILES string of the molecule is [O-2].[O-2].[O-2].[Pu].[U]. The Morgan fingerprint density at radius 1 is 0.600 bits per heavy atom. The van der Waals surface area contributed by atoms with E-state index in [2.05, 4.69) is 0 Å². The predicted molar refractivity (Wildman–Crippen MR) is 2.06 cm³/mol. The first-order valence-corrected chi connectivity index (χ1v) is 0. The van der Waals surface area contributed by atoms with E-state index < -0.39 is 0 Å². The maximum atomic E-state index is 0. The van der Waals surface area contributed by atoms with Crippen molar-refractivity contribution in [2.24, 2.45) is 0 Å². The van der Waals surface area contributed by atoms with Crippen molar-refractivity contribution in [3.63, 3.8) is 0 Å². The smallest absolute Gasteiger partial charge is 0 e. The Balaban J connectivity index is 0. The van der Waals surface area contributed by atoms with Gasteiger partial charge in [0.15, 0.2) is 0 Å². The van der Waals surface area contributed by atoms with Crippen molar-refractivity contribution >= 4 is 0 Å². The second kappa shape index (κ2) is 38.9. The van der Waals surface area contributed by atoms with Gasteiger partial charge in [-0.2, -0.15) is 0 Å². The van der Waals surface area contributed by atoms with E-state index in [1.165, 1.54) is 0 Å². The van der Waals surface area contributed by atoms with Gasteiger partial charge in [0.25, 0.3) is 0 Å². The summed E-state index contributed by atoms with van der Waals surface area (Å²) < 4.78 is 0. The molecule has 5 heavy (non-hydrogen) atoms. The van der Waals surface area contributed by atoms with Crippen molar-refractivity contribution in [2.45, 2.75) is 0 Å². The van der Waals surface area contributed by atoms with E-state index in [-0.39, 0.29) is 76.7 Å². The van der Waals surface area contributed by atoms with Crippen LogP contribution in [0.2, 0.25) is 0 Å². The van der Waals surface area contributed by atoms with Gasteiger partial charge in [-0.25, -0.2) is 0 Å².